The lowest BCUT2D eigenvalue weighted by atomic mass is 9.75. The molecule has 1 saturated carbocycles. The van der Waals surface area contributed by atoms with Gasteiger partial charge in [0.05, 0.1) is 11.6 Å². The van der Waals surface area contributed by atoms with Crippen LogP contribution in [-0.4, -0.2) is 21.7 Å². The van der Waals surface area contributed by atoms with Crippen molar-refractivity contribution in [3.63, 3.8) is 0 Å². The molecule has 0 amide bonds. The zero-order valence-electron chi connectivity index (χ0n) is 12.4. The van der Waals surface area contributed by atoms with Crippen molar-refractivity contribution < 1.29 is 18.0 Å². The smallest absolute Gasteiger partial charge is 0.299 e. The van der Waals surface area contributed by atoms with E-state index in [-0.39, 0.29) is 18.6 Å². The number of hydrogen-bond donors (Lipinski definition) is 0. The number of hydrogen-bond acceptors (Lipinski definition) is 2. The Kier molecular flexibility index (Phi) is 4.74. The Morgan fingerprint density at radius 1 is 1.38 bits per heavy atom. The summed E-state index contributed by atoms with van der Waals surface area (Å²) in [5.74, 6) is -2.66. The second kappa shape index (κ2) is 6.20. The van der Waals surface area contributed by atoms with Crippen molar-refractivity contribution >= 4 is 5.78 Å². The van der Waals surface area contributed by atoms with Gasteiger partial charge in [-0.2, -0.15) is 18.3 Å². The molecule has 0 spiro atoms. The maximum Gasteiger partial charge on any atom is 0.392 e. The Labute approximate surface area is 122 Å². The Balaban J connectivity index is 2.14. The molecule has 1 heterocycles. The lowest BCUT2D eigenvalue weighted by Crippen LogP contribution is -2.38. The molecule has 3 nitrogen and oxygen atoms in total. The van der Waals surface area contributed by atoms with Crippen LogP contribution in [0.3, 0.4) is 0 Å². The molecular formula is C15H21F3N2O. The van der Waals surface area contributed by atoms with Crippen molar-refractivity contribution in [3.05, 3.63) is 17.5 Å². The Morgan fingerprint density at radius 3 is 2.67 bits per heavy atom. The van der Waals surface area contributed by atoms with Crippen LogP contribution in [0.5, 0.6) is 0 Å². The second-order valence-corrected chi connectivity index (χ2v) is 5.77. The van der Waals surface area contributed by atoms with Gasteiger partial charge in [-0.05, 0) is 32.8 Å². The summed E-state index contributed by atoms with van der Waals surface area (Å²) in [6.45, 7) is 4.34. The number of aryl methyl sites for hydroxylation is 2. The molecule has 1 aromatic rings. The van der Waals surface area contributed by atoms with Crippen LogP contribution >= 0.6 is 0 Å². The first-order valence-electron chi connectivity index (χ1n) is 7.45. The summed E-state index contributed by atoms with van der Waals surface area (Å²) in [5, 5.41) is 4.24. The van der Waals surface area contributed by atoms with Gasteiger partial charge in [-0.25, -0.2) is 0 Å². The van der Waals surface area contributed by atoms with E-state index in [0.717, 1.165) is 5.69 Å². The maximum absolute atomic E-state index is 13.1. The van der Waals surface area contributed by atoms with Crippen LogP contribution in [0, 0.1) is 18.8 Å². The third-order valence-corrected chi connectivity index (χ3v) is 4.24. The van der Waals surface area contributed by atoms with Crippen molar-refractivity contribution in [3.8, 4) is 0 Å². The first kappa shape index (κ1) is 16.0. The molecule has 1 aromatic heterocycles. The van der Waals surface area contributed by atoms with Crippen LogP contribution in [0.2, 0.25) is 0 Å². The van der Waals surface area contributed by atoms with E-state index < -0.39 is 18.0 Å². The van der Waals surface area contributed by atoms with Crippen LogP contribution in [-0.2, 0) is 17.8 Å². The average molecular weight is 302 g/mol. The van der Waals surface area contributed by atoms with E-state index >= 15 is 0 Å². The van der Waals surface area contributed by atoms with Crippen LogP contribution < -0.4 is 0 Å². The lowest BCUT2D eigenvalue weighted by Gasteiger charge is -2.32. The summed E-state index contributed by atoms with van der Waals surface area (Å²) in [6, 6.07) is 1.78. The molecule has 2 rings (SSSR count). The first-order valence-corrected chi connectivity index (χ1v) is 7.45. The van der Waals surface area contributed by atoms with Gasteiger partial charge >= 0.3 is 6.18 Å². The van der Waals surface area contributed by atoms with Gasteiger partial charge in [0, 0.05) is 24.6 Å². The number of carbonyl (C=O) groups is 1. The third-order valence-electron chi connectivity index (χ3n) is 4.24. The van der Waals surface area contributed by atoms with Crippen LogP contribution in [0.4, 0.5) is 13.2 Å². The lowest BCUT2D eigenvalue weighted by molar-refractivity contribution is -0.197. The fourth-order valence-corrected chi connectivity index (χ4v) is 3.23. The molecule has 0 aliphatic heterocycles. The number of ketones is 1. The molecule has 0 aromatic carbocycles. The van der Waals surface area contributed by atoms with E-state index in [4.69, 9.17) is 0 Å². The molecule has 1 aliphatic carbocycles. The van der Waals surface area contributed by atoms with Crippen molar-refractivity contribution in [2.75, 3.05) is 0 Å². The van der Waals surface area contributed by atoms with Gasteiger partial charge in [-0.3, -0.25) is 9.48 Å². The van der Waals surface area contributed by atoms with Gasteiger partial charge in [0.1, 0.15) is 5.78 Å². The minimum absolute atomic E-state index is 0.0475. The number of alkyl halides is 3. The average Bonchev–Trinajstić information content (AvgIpc) is 2.77. The fourth-order valence-electron chi connectivity index (χ4n) is 3.23. The highest BCUT2D eigenvalue weighted by atomic mass is 19.4. The van der Waals surface area contributed by atoms with E-state index in [1.54, 1.807) is 10.7 Å². The molecule has 118 valence electrons. The number of halogens is 3. The first-order chi connectivity index (χ1) is 9.82. The monoisotopic (exact) mass is 302 g/mol. The molecule has 2 unspecified atom stereocenters. The topological polar surface area (TPSA) is 34.9 Å². The highest BCUT2D eigenvalue weighted by Crippen LogP contribution is 2.42. The Morgan fingerprint density at radius 2 is 2.05 bits per heavy atom. The predicted octanol–water partition coefficient (Wildman–Crippen LogP) is 3.69. The number of rotatable bonds is 4. The Bertz CT molecular complexity index is 508. The summed E-state index contributed by atoms with van der Waals surface area (Å²) >= 11 is 0. The van der Waals surface area contributed by atoms with Gasteiger partial charge in [0.2, 0.25) is 0 Å². The van der Waals surface area contributed by atoms with Gasteiger partial charge < -0.3 is 0 Å². The third kappa shape index (κ3) is 3.66. The summed E-state index contributed by atoms with van der Waals surface area (Å²) < 4.78 is 40.9. The normalized spacial score (nSPS) is 23.3. The molecule has 6 heteroatoms. The molecule has 0 saturated heterocycles. The molecule has 21 heavy (non-hydrogen) atoms. The molecule has 0 bridgehead atoms. The van der Waals surface area contributed by atoms with Gasteiger partial charge in [0.25, 0.3) is 0 Å². The van der Waals surface area contributed by atoms with E-state index in [1.807, 2.05) is 13.8 Å². The van der Waals surface area contributed by atoms with Gasteiger partial charge in [-0.15, -0.1) is 0 Å². The molecule has 1 aliphatic rings. The van der Waals surface area contributed by atoms with Crippen molar-refractivity contribution in [1.82, 2.24) is 9.78 Å². The second-order valence-electron chi connectivity index (χ2n) is 5.77. The van der Waals surface area contributed by atoms with E-state index in [9.17, 15) is 18.0 Å². The van der Waals surface area contributed by atoms with Crippen LogP contribution in [0.25, 0.3) is 0 Å². The summed E-state index contributed by atoms with van der Waals surface area (Å²) in [4.78, 5) is 12.4. The quantitative estimate of drug-likeness (QED) is 0.850. The van der Waals surface area contributed by atoms with Crippen molar-refractivity contribution in [2.24, 2.45) is 11.8 Å². The standard InChI is InChI=1S/C15H21F3N2O/c1-3-20-11(8-10(2)19-20)9-14(21)12-6-4-5-7-13(12)15(16,17)18/h8,12-13H,3-7,9H2,1-2H3. The minimum atomic E-state index is -4.28. The summed E-state index contributed by atoms with van der Waals surface area (Å²) in [6.07, 6.45) is -2.54. The Hall–Kier alpha value is -1.33. The van der Waals surface area contributed by atoms with E-state index in [2.05, 4.69) is 5.10 Å². The van der Waals surface area contributed by atoms with E-state index in [1.165, 1.54) is 0 Å². The predicted molar refractivity (Wildman–Crippen MR) is 72.9 cm³/mol. The maximum atomic E-state index is 13.1. The van der Waals surface area contributed by atoms with Crippen molar-refractivity contribution in [2.45, 2.75) is 58.7 Å². The summed E-state index contributed by atoms with van der Waals surface area (Å²) in [5.41, 5.74) is 1.50. The number of aromatic nitrogens is 2. The van der Waals surface area contributed by atoms with Gasteiger partial charge in [0.15, 0.2) is 0 Å². The highest BCUT2D eigenvalue weighted by molar-refractivity contribution is 5.83. The molecular weight excluding hydrogens is 281 g/mol. The van der Waals surface area contributed by atoms with Crippen LogP contribution in [0.15, 0.2) is 6.07 Å². The number of carbonyl (C=O) groups excluding carboxylic acids is 1. The molecule has 0 radical (unpaired) electrons. The number of nitrogens with zero attached hydrogens (tertiary/aromatic N) is 2. The molecule has 1 fully saturated rings. The van der Waals surface area contributed by atoms with Crippen molar-refractivity contribution in [1.29, 1.82) is 0 Å². The highest BCUT2D eigenvalue weighted by Gasteiger charge is 2.47. The zero-order valence-corrected chi connectivity index (χ0v) is 12.4. The minimum Gasteiger partial charge on any atom is -0.299 e. The molecule has 0 N–H and O–H groups in total. The fraction of sp³-hybridized carbons (Fsp3) is 0.733. The summed E-state index contributed by atoms with van der Waals surface area (Å²) in [7, 11) is 0. The molecule has 2 atom stereocenters. The largest absolute Gasteiger partial charge is 0.392 e. The SMILES string of the molecule is CCn1nc(C)cc1CC(=O)C1CCCCC1C(F)(F)F. The number of Topliss-reactive ketones (excluding diaryl/α,β-unsaturated/α-hetero) is 1. The van der Waals surface area contributed by atoms with Gasteiger partial charge in [-0.1, -0.05) is 12.8 Å². The van der Waals surface area contributed by atoms with Crippen LogP contribution in [0.1, 0.15) is 44.0 Å². The zero-order chi connectivity index (χ0) is 15.6. The van der Waals surface area contributed by atoms with E-state index in [0.29, 0.717) is 31.5 Å².